The molecule has 0 saturated carbocycles. The second-order valence-corrected chi connectivity index (χ2v) is 5.26. The van der Waals surface area contributed by atoms with Crippen LogP contribution in [0, 0.1) is 6.92 Å². The van der Waals surface area contributed by atoms with Gasteiger partial charge in [0, 0.05) is 24.0 Å². The fraction of sp³-hybridized carbons (Fsp3) is 0.231. The summed E-state index contributed by atoms with van der Waals surface area (Å²) in [6.07, 6.45) is 0.534. The first-order valence-corrected chi connectivity index (χ1v) is 7.04. The Hall–Kier alpha value is -2.48. The maximum atomic E-state index is 11.3. The number of hydrogen-bond donors (Lipinski definition) is 3. The van der Waals surface area contributed by atoms with Gasteiger partial charge in [0.25, 0.3) is 5.91 Å². The summed E-state index contributed by atoms with van der Waals surface area (Å²) in [5, 5.41) is 14.0. The third-order valence-corrected chi connectivity index (χ3v) is 3.61. The number of carboxylic acids is 1. The lowest BCUT2D eigenvalue weighted by molar-refractivity contribution is 0.0691. The van der Waals surface area contributed by atoms with Gasteiger partial charge in [0.2, 0.25) is 0 Å². The summed E-state index contributed by atoms with van der Waals surface area (Å²) in [6.45, 7) is 2.29. The Morgan fingerprint density at radius 1 is 1.38 bits per heavy atom. The van der Waals surface area contributed by atoms with Crippen LogP contribution in [-0.4, -0.2) is 33.5 Å². The molecule has 0 radical (unpaired) electrons. The molecule has 7 nitrogen and oxygen atoms in total. The average molecular weight is 306 g/mol. The number of nitrogens with one attached hydrogen (secondary N) is 1. The number of carbonyl (C=O) groups excluding carboxylic acids is 1. The van der Waals surface area contributed by atoms with Crippen LogP contribution in [0.2, 0.25) is 0 Å². The Morgan fingerprint density at radius 3 is 2.76 bits per heavy atom. The lowest BCUT2D eigenvalue weighted by atomic mass is 10.2. The molecule has 0 spiro atoms. The highest BCUT2D eigenvalue weighted by Crippen LogP contribution is 2.14. The van der Waals surface area contributed by atoms with Crippen LogP contribution >= 0.6 is 11.3 Å². The normalized spacial score (nSPS) is 10.3. The quantitative estimate of drug-likeness (QED) is 0.740. The zero-order chi connectivity index (χ0) is 15.4. The summed E-state index contributed by atoms with van der Waals surface area (Å²) in [4.78, 5) is 30.3. The summed E-state index contributed by atoms with van der Waals surface area (Å²) in [5.74, 6) is -1.16. The first-order chi connectivity index (χ1) is 9.97. The minimum absolute atomic E-state index is 0.0431. The van der Waals surface area contributed by atoms with Gasteiger partial charge in [-0.25, -0.2) is 14.8 Å². The fourth-order valence-corrected chi connectivity index (χ4v) is 2.47. The van der Waals surface area contributed by atoms with Gasteiger partial charge >= 0.3 is 5.97 Å². The van der Waals surface area contributed by atoms with Gasteiger partial charge in [0.15, 0.2) is 5.69 Å². The Kier molecular flexibility index (Phi) is 4.49. The molecular weight excluding hydrogens is 292 g/mol. The first-order valence-electron chi connectivity index (χ1n) is 6.16. The van der Waals surface area contributed by atoms with Crippen LogP contribution in [0.5, 0.6) is 0 Å². The average Bonchev–Trinajstić information content (AvgIpc) is 2.87. The lowest BCUT2D eigenvalue weighted by Crippen LogP contribution is -2.17. The van der Waals surface area contributed by atoms with E-state index in [4.69, 9.17) is 10.8 Å². The number of aryl methyl sites for hydroxylation is 1. The van der Waals surface area contributed by atoms with E-state index in [2.05, 4.69) is 15.3 Å². The van der Waals surface area contributed by atoms with Gasteiger partial charge in [0.1, 0.15) is 5.82 Å². The third-order valence-electron chi connectivity index (χ3n) is 2.70. The van der Waals surface area contributed by atoms with Crippen molar-refractivity contribution in [3.63, 3.8) is 0 Å². The number of nitrogens with zero attached hydrogens (tertiary/aromatic N) is 2. The molecule has 0 aliphatic heterocycles. The predicted molar refractivity (Wildman–Crippen MR) is 78.8 cm³/mol. The minimum atomic E-state index is -1.04. The highest BCUT2D eigenvalue weighted by molar-refractivity contribution is 7.09. The van der Waals surface area contributed by atoms with Crippen molar-refractivity contribution in [1.29, 1.82) is 0 Å². The Balaban J connectivity index is 2.01. The Labute approximate surface area is 124 Å². The monoisotopic (exact) mass is 306 g/mol. The fourth-order valence-electron chi connectivity index (χ4n) is 1.70. The van der Waals surface area contributed by atoms with Crippen LogP contribution in [0.1, 0.15) is 31.5 Å². The second-order valence-electron chi connectivity index (χ2n) is 4.32. The molecule has 110 valence electrons. The maximum absolute atomic E-state index is 11.3. The number of amides is 1. The summed E-state index contributed by atoms with van der Waals surface area (Å²) in [5.41, 5.74) is 6.43. The van der Waals surface area contributed by atoms with E-state index < -0.39 is 11.9 Å². The second kappa shape index (κ2) is 6.31. The number of aromatic carboxylic acids is 1. The molecule has 2 aromatic rings. The van der Waals surface area contributed by atoms with E-state index in [1.54, 1.807) is 12.1 Å². The van der Waals surface area contributed by atoms with Crippen LogP contribution in [0.3, 0.4) is 0 Å². The molecule has 8 heteroatoms. The number of carboxylic acid groups (broad SMARTS) is 1. The van der Waals surface area contributed by atoms with Crippen LogP contribution in [0.4, 0.5) is 5.82 Å². The molecule has 21 heavy (non-hydrogen) atoms. The number of pyridine rings is 1. The summed E-state index contributed by atoms with van der Waals surface area (Å²) in [7, 11) is 0. The smallest absolute Gasteiger partial charge is 0.355 e. The van der Waals surface area contributed by atoms with E-state index >= 15 is 0 Å². The van der Waals surface area contributed by atoms with Crippen molar-refractivity contribution in [2.75, 3.05) is 11.9 Å². The van der Waals surface area contributed by atoms with Crippen molar-refractivity contribution in [2.24, 2.45) is 5.73 Å². The topological polar surface area (TPSA) is 118 Å². The summed E-state index contributed by atoms with van der Waals surface area (Å²) >= 11 is 1.28. The Morgan fingerprint density at radius 2 is 2.14 bits per heavy atom. The number of thiazole rings is 1. The standard InChI is InChI=1S/C13H14N4O3S/c1-7-2-3-8(11(14)18)12(16-7)15-5-4-10-17-9(6-21-10)13(19)20/h2-3,6H,4-5H2,1H3,(H2,14,18)(H,15,16)(H,19,20). The van der Waals surface area contributed by atoms with E-state index in [1.165, 1.54) is 16.7 Å². The molecule has 0 aliphatic rings. The first kappa shape index (κ1) is 14.9. The number of nitrogens with two attached hydrogens (primary N) is 1. The third kappa shape index (κ3) is 3.76. The van der Waals surface area contributed by atoms with Crippen molar-refractivity contribution in [3.8, 4) is 0 Å². The molecule has 0 fully saturated rings. The molecule has 2 heterocycles. The molecule has 0 aromatic carbocycles. The van der Waals surface area contributed by atoms with Crippen molar-refractivity contribution in [1.82, 2.24) is 9.97 Å². The lowest BCUT2D eigenvalue weighted by Gasteiger charge is -2.09. The molecule has 0 saturated heterocycles. The molecule has 0 bridgehead atoms. The number of rotatable bonds is 6. The molecule has 0 unspecified atom stereocenters. The van der Waals surface area contributed by atoms with Gasteiger partial charge < -0.3 is 16.2 Å². The van der Waals surface area contributed by atoms with Crippen molar-refractivity contribution < 1.29 is 14.7 Å². The summed E-state index contributed by atoms with van der Waals surface area (Å²) < 4.78 is 0. The maximum Gasteiger partial charge on any atom is 0.355 e. The van der Waals surface area contributed by atoms with E-state index in [0.717, 1.165) is 5.69 Å². The molecule has 2 aromatic heterocycles. The van der Waals surface area contributed by atoms with Gasteiger partial charge in [-0.3, -0.25) is 4.79 Å². The Bertz CT molecular complexity index is 684. The van der Waals surface area contributed by atoms with Crippen LogP contribution in [0.25, 0.3) is 0 Å². The largest absolute Gasteiger partial charge is 0.476 e. The molecule has 0 aliphatic carbocycles. The van der Waals surface area contributed by atoms with Crippen molar-refractivity contribution in [3.05, 3.63) is 39.5 Å². The van der Waals surface area contributed by atoms with E-state index in [1.807, 2.05) is 6.92 Å². The van der Waals surface area contributed by atoms with Gasteiger partial charge in [-0.1, -0.05) is 0 Å². The van der Waals surface area contributed by atoms with Gasteiger partial charge in [-0.2, -0.15) is 0 Å². The van der Waals surface area contributed by atoms with E-state index in [0.29, 0.717) is 29.4 Å². The van der Waals surface area contributed by atoms with Crippen LogP contribution in [0.15, 0.2) is 17.5 Å². The van der Waals surface area contributed by atoms with E-state index in [-0.39, 0.29) is 5.69 Å². The minimum Gasteiger partial charge on any atom is -0.476 e. The number of carbonyl (C=O) groups is 2. The number of hydrogen-bond acceptors (Lipinski definition) is 6. The molecule has 2 rings (SSSR count). The summed E-state index contributed by atoms with van der Waals surface area (Å²) in [6, 6.07) is 3.34. The van der Waals surface area contributed by atoms with E-state index in [9.17, 15) is 9.59 Å². The number of primary amides is 1. The van der Waals surface area contributed by atoms with Crippen LogP contribution < -0.4 is 11.1 Å². The van der Waals surface area contributed by atoms with Gasteiger partial charge in [0.05, 0.1) is 10.6 Å². The predicted octanol–water partition coefficient (Wildman–Crippen LogP) is 1.30. The van der Waals surface area contributed by atoms with Crippen molar-refractivity contribution >= 4 is 29.0 Å². The number of anilines is 1. The molecule has 1 amide bonds. The van der Waals surface area contributed by atoms with Crippen LogP contribution in [-0.2, 0) is 6.42 Å². The molecule has 4 N–H and O–H groups in total. The zero-order valence-electron chi connectivity index (χ0n) is 11.3. The highest BCUT2D eigenvalue weighted by atomic mass is 32.1. The van der Waals surface area contributed by atoms with Gasteiger partial charge in [-0.05, 0) is 19.1 Å². The molecule has 0 atom stereocenters. The number of aromatic nitrogens is 2. The molecular formula is C13H14N4O3S. The highest BCUT2D eigenvalue weighted by Gasteiger charge is 2.11. The van der Waals surface area contributed by atoms with Crippen molar-refractivity contribution in [2.45, 2.75) is 13.3 Å². The zero-order valence-corrected chi connectivity index (χ0v) is 12.1. The SMILES string of the molecule is Cc1ccc(C(N)=O)c(NCCc2nc(C(=O)O)cs2)n1. The van der Waals surface area contributed by atoms with Gasteiger partial charge in [-0.15, -0.1) is 11.3 Å².